The van der Waals surface area contributed by atoms with E-state index in [9.17, 15) is 5.11 Å². The molecule has 0 aromatic heterocycles. The molecule has 1 heteroatoms. The Morgan fingerprint density at radius 2 is 1.77 bits per heavy atom. The van der Waals surface area contributed by atoms with Crippen LogP contribution < -0.4 is 0 Å². The second-order valence-corrected chi connectivity index (χ2v) is 4.57. The van der Waals surface area contributed by atoms with Crippen molar-refractivity contribution in [3.8, 4) is 0 Å². The van der Waals surface area contributed by atoms with Gasteiger partial charge in [0.05, 0.1) is 6.10 Å². The molecule has 1 N–H and O–H groups in total. The van der Waals surface area contributed by atoms with Gasteiger partial charge in [0, 0.05) is 0 Å². The van der Waals surface area contributed by atoms with Gasteiger partial charge in [0.2, 0.25) is 0 Å². The van der Waals surface area contributed by atoms with Crippen LogP contribution >= 0.6 is 0 Å². The summed E-state index contributed by atoms with van der Waals surface area (Å²) < 4.78 is 0. The van der Waals surface area contributed by atoms with E-state index < -0.39 is 0 Å². The van der Waals surface area contributed by atoms with Crippen molar-refractivity contribution in [1.82, 2.24) is 0 Å². The van der Waals surface area contributed by atoms with Crippen LogP contribution in [0.15, 0.2) is 11.6 Å². The highest BCUT2D eigenvalue weighted by Gasteiger charge is 2.16. The quantitative estimate of drug-likeness (QED) is 0.649. The van der Waals surface area contributed by atoms with Gasteiger partial charge < -0.3 is 5.11 Å². The van der Waals surface area contributed by atoms with Crippen LogP contribution in [0, 0.1) is 11.8 Å². The SMILES string of the molecule is CC(C)=CCC[C@H](C)[C@H](O)C(C)C. The maximum absolute atomic E-state index is 9.74. The lowest BCUT2D eigenvalue weighted by atomic mass is 9.91. The average Bonchev–Trinajstić information content (AvgIpc) is 2.02. The molecule has 0 aliphatic heterocycles. The highest BCUT2D eigenvalue weighted by molar-refractivity contribution is 4.93. The van der Waals surface area contributed by atoms with E-state index in [4.69, 9.17) is 0 Å². The number of hydrogen-bond donors (Lipinski definition) is 1. The molecule has 0 spiro atoms. The third-order valence-electron chi connectivity index (χ3n) is 2.44. The van der Waals surface area contributed by atoms with E-state index >= 15 is 0 Å². The fourth-order valence-corrected chi connectivity index (χ4v) is 1.46. The number of allylic oxidation sites excluding steroid dienone is 2. The molecule has 0 unspecified atom stereocenters. The summed E-state index contributed by atoms with van der Waals surface area (Å²) in [6.07, 6.45) is 4.27. The van der Waals surface area contributed by atoms with Crippen LogP contribution in [0.25, 0.3) is 0 Å². The van der Waals surface area contributed by atoms with Gasteiger partial charge >= 0.3 is 0 Å². The van der Waals surface area contributed by atoms with Gasteiger partial charge in [-0.1, -0.05) is 32.4 Å². The van der Waals surface area contributed by atoms with Gasteiger partial charge in [-0.15, -0.1) is 0 Å². The standard InChI is InChI=1S/C12H24O/c1-9(2)7-6-8-11(5)12(13)10(3)4/h7,10-13H,6,8H2,1-5H3/t11-,12+/m0/s1. The lowest BCUT2D eigenvalue weighted by Gasteiger charge is -2.21. The summed E-state index contributed by atoms with van der Waals surface area (Å²) >= 11 is 0. The largest absolute Gasteiger partial charge is 0.393 e. The summed E-state index contributed by atoms with van der Waals surface area (Å²) in [6.45, 7) is 10.5. The Hall–Kier alpha value is -0.300. The zero-order chi connectivity index (χ0) is 10.4. The van der Waals surface area contributed by atoms with Crippen molar-refractivity contribution in [1.29, 1.82) is 0 Å². The van der Waals surface area contributed by atoms with Crippen molar-refractivity contribution in [3.05, 3.63) is 11.6 Å². The maximum Gasteiger partial charge on any atom is 0.0588 e. The second kappa shape index (κ2) is 6.20. The van der Waals surface area contributed by atoms with E-state index in [2.05, 4.69) is 40.7 Å². The van der Waals surface area contributed by atoms with Crippen LogP contribution in [0.1, 0.15) is 47.5 Å². The van der Waals surface area contributed by atoms with Crippen molar-refractivity contribution >= 4 is 0 Å². The maximum atomic E-state index is 9.74. The predicted molar refractivity (Wildman–Crippen MR) is 58.7 cm³/mol. The molecule has 0 fully saturated rings. The van der Waals surface area contributed by atoms with E-state index in [1.165, 1.54) is 5.57 Å². The molecule has 0 heterocycles. The van der Waals surface area contributed by atoms with Gasteiger partial charge in [-0.3, -0.25) is 0 Å². The molecule has 0 aliphatic carbocycles. The molecule has 1 nitrogen and oxygen atoms in total. The van der Waals surface area contributed by atoms with Crippen LogP contribution in [0.5, 0.6) is 0 Å². The summed E-state index contributed by atoms with van der Waals surface area (Å²) in [5.74, 6) is 0.789. The number of aliphatic hydroxyl groups is 1. The average molecular weight is 184 g/mol. The van der Waals surface area contributed by atoms with Gasteiger partial charge in [0.15, 0.2) is 0 Å². The summed E-state index contributed by atoms with van der Waals surface area (Å²) in [4.78, 5) is 0. The minimum atomic E-state index is -0.148. The van der Waals surface area contributed by atoms with Crippen molar-refractivity contribution < 1.29 is 5.11 Å². The molecule has 0 saturated heterocycles. The fraction of sp³-hybridized carbons (Fsp3) is 0.833. The zero-order valence-electron chi connectivity index (χ0n) is 9.67. The Morgan fingerprint density at radius 1 is 1.23 bits per heavy atom. The summed E-state index contributed by atoms with van der Waals surface area (Å²) in [5.41, 5.74) is 1.37. The van der Waals surface area contributed by atoms with Crippen molar-refractivity contribution in [2.75, 3.05) is 0 Å². The normalized spacial score (nSPS) is 15.6. The molecule has 0 aromatic rings. The van der Waals surface area contributed by atoms with Crippen molar-refractivity contribution in [3.63, 3.8) is 0 Å². The Balaban J connectivity index is 3.74. The molecular formula is C12H24O. The Morgan fingerprint density at radius 3 is 2.15 bits per heavy atom. The number of aliphatic hydroxyl groups excluding tert-OH is 1. The van der Waals surface area contributed by atoms with Crippen LogP contribution in [-0.2, 0) is 0 Å². The molecular weight excluding hydrogens is 160 g/mol. The minimum absolute atomic E-state index is 0.148. The van der Waals surface area contributed by atoms with E-state index in [1.807, 2.05) is 0 Å². The fourth-order valence-electron chi connectivity index (χ4n) is 1.46. The van der Waals surface area contributed by atoms with Crippen molar-refractivity contribution in [2.24, 2.45) is 11.8 Å². The molecule has 0 aromatic carbocycles. The van der Waals surface area contributed by atoms with E-state index in [0.717, 1.165) is 12.8 Å². The highest BCUT2D eigenvalue weighted by atomic mass is 16.3. The topological polar surface area (TPSA) is 20.2 Å². The molecule has 78 valence electrons. The molecule has 13 heavy (non-hydrogen) atoms. The summed E-state index contributed by atoms with van der Waals surface area (Å²) in [5, 5.41) is 9.74. The molecule has 0 radical (unpaired) electrons. The van der Waals surface area contributed by atoms with Crippen LogP contribution in [0.3, 0.4) is 0 Å². The third-order valence-corrected chi connectivity index (χ3v) is 2.44. The second-order valence-electron chi connectivity index (χ2n) is 4.57. The first-order valence-corrected chi connectivity index (χ1v) is 5.26. The van der Waals surface area contributed by atoms with E-state index in [0.29, 0.717) is 11.8 Å². The molecule has 0 rings (SSSR count). The van der Waals surface area contributed by atoms with Crippen LogP contribution in [0.4, 0.5) is 0 Å². The lowest BCUT2D eigenvalue weighted by molar-refractivity contribution is 0.0689. The molecule has 0 amide bonds. The highest BCUT2D eigenvalue weighted by Crippen LogP contribution is 2.17. The number of hydrogen-bond acceptors (Lipinski definition) is 1. The summed E-state index contributed by atoms with van der Waals surface area (Å²) in [6, 6.07) is 0. The molecule has 2 atom stereocenters. The monoisotopic (exact) mass is 184 g/mol. The van der Waals surface area contributed by atoms with Gasteiger partial charge in [-0.25, -0.2) is 0 Å². The van der Waals surface area contributed by atoms with Gasteiger partial charge in [-0.05, 0) is 38.5 Å². The molecule has 0 bridgehead atoms. The first-order chi connectivity index (χ1) is 5.95. The Bertz CT molecular complexity index is 155. The van der Waals surface area contributed by atoms with Gasteiger partial charge in [-0.2, -0.15) is 0 Å². The minimum Gasteiger partial charge on any atom is -0.393 e. The first kappa shape index (κ1) is 12.7. The van der Waals surface area contributed by atoms with Crippen molar-refractivity contribution in [2.45, 2.75) is 53.6 Å². The third kappa shape index (κ3) is 5.87. The van der Waals surface area contributed by atoms with Gasteiger partial charge in [0.25, 0.3) is 0 Å². The van der Waals surface area contributed by atoms with Crippen LogP contribution in [-0.4, -0.2) is 11.2 Å². The smallest absolute Gasteiger partial charge is 0.0588 e. The van der Waals surface area contributed by atoms with E-state index in [1.54, 1.807) is 0 Å². The van der Waals surface area contributed by atoms with E-state index in [-0.39, 0.29) is 6.10 Å². The Kier molecular flexibility index (Phi) is 6.06. The molecule has 0 saturated carbocycles. The number of rotatable bonds is 5. The Labute approximate surface area is 82.9 Å². The lowest BCUT2D eigenvalue weighted by Crippen LogP contribution is -2.23. The van der Waals surface area contributed by atoms with Crippen LogP contribution in [0.2, 0.25) is 0 Å². The zero-order valence-corrected chi connectivity index (χ0v) is 9.67. The molecule has 0 aliphatic rings. The first-order valence-electron chi connectivity index (χ1n) is 5.26. The predicted octanol–water partition coefficient (Wildman–Crippen LogP) is 3.39. The summed E-state index contributed by atoms with van der Waals surface area (Å²) in [7, 11) is 0. The van der Waals surface area contributed by atoms with Gasteiger partial charge in [0.1, 0.15) is 0 Å².